The second kappa shape index (κ2) is 3.57. The van der Waals surface area contributed by atoms with Gasteiger partial charge in [-0.3, -0.25) is 4.79 Å². The maximum Gasteiger partial charge on any atom is 0.249 e. The number of amides is 1. The van der Waals surface area contributed by atoms with E-state index in [-0.39, 0.29) is 17.0 Å². The molecular weight excluding hydrogens is 240 g/mol. The van der Waals surface area contributed by atoms with Gasteiger partial charge < -0.3 is 9.80 Å². The highest BCUT2D eigenvalue weighted by molar-refractivity contribution is 6.28. The van der Waals surface area contributed by atoms with Gasteiger partial charge >= 0.3 is 0 Å². The summed E-state index contributed by atoms with van der Waals surface area (Å²) in [4.78, 5) is 23.2. The van der Waals surface area contributed by atoms with Crippen LogP contribution in [0.1, 0.15) is 23.2 Å². The van der Waals surface area contributed by atoms with Crippen molar-refractivity contribution in [1.82, 2.24) is 9.97 Å². The number of halogens is 1. The van der Waals surface area contributed by atoms with Crippen molar-refractivity contribution in [2.45, 2.75) is 25.8 Å². The molecule has 2 aliphatic heterocycles. The Bertz CT molecular complexity index is 592. The first-order valence-electron chi connectivity index (χ1n) is 6.98. The number of nitrogens with zero attached hydrogens (tertiary/aromatic N) is 4. The second-order valence-corrected chi connectivity index (χ2v) is 4.59. The van der Waals surface area contributed by atoms with Gasteiger partial charge in [-0.05, 0) is 31.4 Å². The molecule has 1 amide bonds. The van der Waals surface area contributed by atoms with Crippen molar-refractivity contribution in [3.63, 3.8) is 0 Å². The van der Waals surface area contributed by atoms with Gasteiger partial charge in [-0.2, -0.15) is 4.98 Å². The van der Waals surface area contributed by atoms with Crippen LogP contribution in [-0.2, 0) is 11.2 Å². The minimum atomic E-state index is -2.45. The molecular formula is C11H13ClN4O. The number of carbonyl (C=O) groups is 1. The molecule has 0 saturated carbocycles. The van der Waals surface area contributed by atoms with Crippen molar-refractivity contribution in [1.29, 1.82) is 0 Å². The largest absolute Gasteiger partial charge is 0.346 e. The van der Waals surface area contributed by atoms with E-state index in [4.69, 9.17) is 15.7 Å². The SMILES string of the molecule is [2H]C([2H])([2H])N1c2nc(Cl)nc3c2N(CCC3)C(=O)[C@@H]1C. The molecule has 0 N–H and O–H groups in total. The van der Waals surface area contributed by atoms with Crippen LogP contribution in [0.25, 0.3) is 0 Å². The summed E-state index contributed by atoms with van der Waals surface area (Å²) < 4.78 is 22.9. The molecule has 0 spiro atoms. The first-order valence-corrected chi connectivity index (χ1v) is 5.85. The van der Waals surface area contributed by atoms with Crippen LogP contribution in [0.3, 0.4) is 0 Å². The molecule has 0 aliphatic carbocycles. The molecule has 0 bridgehead atoms. The zero-order chi connectivity index (χ0) is 14.7. The quantitative estimate of drug-likeness (QED) is 0.655. The Morgan fingerprint density at radius 2 is 2.35 bits per heavy atom. The lowest BCUT2D eigenvalue weighted by Gasteiger charge is -2.41. The number of rotatable bonds is 0. The van der Waals surface area contributed by atoms with Gasteiger partial charge in [0, 0.05) is 17.6 Å². The van der Waals surface area contributed by atoms with E-state index in [9.17, 15) is 4.79 Å². The maximum atomic E-state index is 12.4. The van der Waals surface area contributed by atoms with E-state index in [1.165, 1.54) is 0 Å². The molecule has 0 radical (unpaired) electrons. The number of aromatic nitrogens is 2. The Balaban J connectivity index is 2.27. The van der Waals surface area contributed by atoms with Gasteiger partial charge in [-0.1, -0.05) is 0 Å². The molecule has 1 atom stereocenters. The summed E-state index contributed by atoms with van der Waals surface area (Å²) in [6.07, 6.45) is 1.45. The van der Waals surface area contributed by atoms with Gasteiger partial charge in [-0.25, -0.2) is 4.98 Å². The average Bonchev–Trinajstić information content (AvgIpc) is 2.33. The molecule has 0 aromatic carbocycles. The number of likely N-dealkylation sites (N-methyl/N-ethyl adjacent to an activating group) is 1. The Morgan fingerprint density at radius 1 is 1.53 bits per heavy atom. The molecule has 3 heterocycles. The van der Waals surface area contributed by atoms with Crippen LogP contribution in [0, 0.1) is 0 Å². The molecule has 1 aromatic rings. The topological polar surface area (TPSA) is 49.3 Å². The third-order valence-corrected chi connectivity index (χ3v) is 3.38. The Hall–Kier alpha value is -1.36. The molecule has 90 valence electrons. The molecule has 17 heavy (non-hydrogen) atoms. The summed E-state index contributed by atoms with van der Waals surface area (Å²) in [5.41, 5.74) is 1.14. The summed E-state index contributed by atoms with van der Waals surface area (Å²) in [5.74, 6) is -0.00713. The number of hydrogen-bond acceptors (Lipinski definition) is 4. The Morgan fingerprint density at radius 3 is 3.12 bits per heavy atom. The van der Waals surface area contributed by atoms with E-state index in [0.717, 1.165) is 11.3 Å². The number of anilines is 2. The number of aryl methyl sites for hydroxylation is 1. The van der Waals surface area contributed by atoms with Crippen LogP contribution in [0.2, 0.25) is 5.28 Å². The fourth-order valence-electron chi connectivity index (χ4n) is 2.33. The van der Waals surface area contributed by atoms with Crippen molar-refractivity contribution in [2.75, 3.05) is 23.3 Å². The van der Waals surface area contributed by atoms with E-state index >= 15 is 0 Å². The van der Waals surface area contributed by atoms with Crippen LogP contribution in [-0.4, -0.2) is 35.4 Å². The zero-order valence-corrected chi connectivity index (χ0v) is 10.0. The first-order chi connectivity index (χ1) is 9.30. The average molecular weight is 256 g/mol. The molecule has 0 unspecified atom stereocenters. The number of hydrogen-bond donors (Lipinski definition) is 0. The van der Waals surface area contributed by atoms with Crippen LogP contribution in [0.5, 0.6) is 0 Å². The van der Waals surface area contributed by atoms with Crippen molar-refractivity contribution in [2.24, 2.45) is 0 Å². The third kappa shape index (κ3) is 1.42. The molecule has 6 heteroatoms. The van der Waals surface area contributed by atoms with Gasteiger partial charge in [0.1, 0.15) is 11.7 Å². The lowest BCUT2D eigenvalue weighted by molar-refractivity contribution is -0.119. The number of carbonyl (C=O) groups excluding carboxylic acids is 1. The van der Waals surface area contributed by atoms with E-state index in [0.29, 0.717) is 24.3 Å². The van der Waals surface area contributed by atoms with Crippen molar-refractivity contribution < 1.29 is 8.91 Å². The fraction of sp³-hybridized carbons (Fsp3) is 0.545. The van der Waals surface area contributed by atoms with E-state index < -0.39 is 13.0 Å². The summed E-state index contributed by atoms with van der Waals surface area (Å²) >= 11 is 5.90. The highest BCUT2D eigenvalue weighted by Crippen LogP contribution is 2.39. The minimum Gasteiger partial charge on any atom is -0.346 e. The van der Waals surface area contributed by atoms with Crippen molar-refractivity contribution in [3.05, 3.63) is 11.0 Å². The third-order valence-electron chi connectivity index (χ3n) is 3.21. The smallest absolute Gasteiger partial charge is 0.249 e. The zero-order valence-electron chi connectivity index (χ0n) is 12.3. The molecule has 3 rings (SSSR count). The highest BCUT2D eigenvalue weighted by Gasteiger charge is 2.38. The van der Waals surface area contributed by atoms with Gasteiger partial charge in [0.25, 0.3) is 0 Å². The highest BCUT2D eigenvalue weighted by atomic mass is 35.5. The van der Waals surface area contributed by atoms with Gasteiger partial charge in [0.2, 0.25) is 11.2 Å². The first kappa shape index (κ1) is 7.87. The van der Waals surface area contributed by atoms with Crippen LogP contribution < -0.4 is 9.80 Å². The van der Waals surface area contributed by atoms with E-state index in [1.807, 2.05) is 0 Å². The Labute approximate surface area is 109 Å². The van der Waals surface area contributed by atoms with Gasteiger partial charge in [0.05, 0.1) is 5.69 Å². The van der Waals surface area contributed by atoms with Crippen LogP contribution in [0.4, 0.5) is 11.5 Å². The fourth-order valence-corrected chi connectivity index (χ4v) is 2.52. The molecule has 0 saturated heterocycles. The van der Waals surface area contributed by atoms with E-state index in [2.05, 4.69) is 9.97 Å². The lowest BCUT2D eigenvalue weighted by atomic mass is 10.0. The predicted molar refractivity (Wildman–Crippen MR) is 65.6 cm³/mol. The minimum absolute atomic E-state index is 0.0106. The van der Waals surface area contributed by atoms with Gasteiger partial charge in [-0.15, -0.1) is 0 Å². The molecule has 5 nitrogen and oxygen atoms in total. The molecule has 2 aliphatic rings. The predicted octanol–water partition coefficient (Wildman–Crippen LogP) is 1.25. The van der Waals surface area contributed by atoms with Crippen molar-refractivity contribution >= 4 is 29.0 Å². The summed E-state index contributed by atoms with van der Waals surface area (Å²) in [7, 11) is 0. The van der Waals surface area contributed by atoms with Crippen molar-refractivity contribution in [3.8, 4) is 0 Å². The second-order valence-electron chi connectivity index (χ2n) is 4.25. The van der Waals surface area contributed by atoms with Gasteiger partial charge in [0.15, 0.2) is 5.82 Å². The normalized spacial score (nSPS) is 26.1. The summed E-state index contributed by atoms with van der Waals surface area (Å²) in [5, 5.41) is 0.0106. The molecule has 1 aromatic heterocycles. The Kier molecular flexibility index (Phi) is 1.65. The van der Waals surface area contributed by atoms with E-state index in [1.54, 1.807) is 11.8 Å². The monoisotopic (exact) mass is 255 g/mol. The van der Waals surface area contributed by atoms with Crippen LogP contribution >= 0.6 is 11.6 Å². The summed E-state index contributed by atoms with van der Waals surface area (Å²) in [6, 6.07) is -0.799. The summed E-state index contributed by atoms with van der Waals surface area (Å²) in [6.45, 7) is -0.324. The molecule has 0 fully saturated rings. The maximum absolute atomic E-state index is 12.4. The lowest BCUT2D eigenvalue weighted by Crippen LogP contribution is -2.52. The van der Waals surface area contributed by atoms with Crippen LogP contribution in [0.15, 0.2) is 0 Å². The standard InChI is InChI=1S/C11H13ClN4O/c1-6-10(17)16-5-3-4-7-8(16)9(15(6)2)14-11(12)13-7/h6H,3-5H2,1-2H3/t6-/m0/s1/i2D3.